The molecule has 0 aliphatic rings. The van der Waals surface area contributed by atoms with Crippen LogP contribution in [-0.2, 0) is 11.3 Å². The van der Waals surface area contributed by atoms with Crippen molar-refractivity contribution in [2.75, 3.05) is 6.54 Å². The number of ether oxygens (including phenoxy) is 1. The molecule has 0 saturated carbocycles. The van der Waals surface area contributed by atoms with Crippen molar-refractivity contribution in [3.8, 4) is 11.8 Å². The molecule has 0 saturated heterocycles. The maximum atomic E-state index is 11.6. The molecule has 0 aliphatic heterocycles. The van der Waals surface area contributed by atoms with Gasteiger partial charge in [-0.3, -0.25) is 0 Å². The minimum Gasteiger partial charge on any atom is -0.445 e. The zero-order valence-corrected chi connectivity index (χ0v) is 13.6. The predicted octanol–water partition coefficient (Wildman–Crippen LogP) is 3.97. The van der Waals surface area contributed by atoms with E-state index in [0.29, 0.717) is 13.0 Å². The number of nitrogens with one attached hydrogen (secondary N) is 1. The second-order valence-electron chi connectivity index (χ2n) is 5.42. The lowest BCUT2D eigenvalue weighted by Gasteiger charge is -2.05. The minimum absolute atomic E-state index is 0.279. The number of aryl methyl sites for hydroxylation is 2. The molecule has 2 aromatic carbocycles. The lowest BCUT2D eigenvalue weighted by molar-refractivity contribution is 0.140. The van der Waals surface area contributed by atoms with Gasteiger partial charge in [0.1, 0.15) is 6.61 Å². The first-order valence-corrected chi connectivity index (χ1v) is 7.65. The Morgan fingerprint density at radius 1 is 1.09 bits per heavy atom. The molecule has 0 radical (unpaired) electrons. The zero-order valence-electron chi connectivity index (χ0n) is 13.6. The smallest absolute Gasteiger partial charge is 0.407 e. The maximum Gasteiger partial charge on any atom is 0.407 e. The van der Waals surface area contributed by atoms with Crippen molar-refractivity contribution in [3.05, 3.63) is 70.8 Å². The van der Waals surface area contributed by atoms with Gasteiger partial charge in [0.15, 0.2) is 0 Å². The molecule has 0 spiro atoms. The minimum atomic E-state index is -0.415. The Balaban J connectivity index is 1.69. The molecule has 3 heteroatoms. The highest BCUT2D eigenvalue weighted by molar-refractivity contribution is 5.67. The lowest BCUT2D eigenvalue weighted by atomic mass is 10.1. The van der Waals surface area contributed by atoms with E-state index in [-0.39, 0.29) is 6.61 Å². The maximum absolute atomic E-state index is 11.6. The van der Waals surface area contributed by atoms with Crippen LogP contribution >= 0.6 is 0 Å². The SMILES string of the molecule is Cc1cc(C)cc(C#CCCNC(=O)OCc2ccccc2)c1. The molecule has 23 heavy (non-hydrogen) atoms. The highest BCUT2D eigenvalue weighted by atomic mass is 16.5. The third-order valence-electron chi connectivity index (χ3n) is 3.19. The fourth-order valence-electron chi connectivity index (χ4n) is 2.21. The number of rotatable bonds is 4. The van der Waals surface area contributed by atoms with Crippen molar-refractivity contribution in [2.45, 2.75) is 26.9 Å². The van der Waals surface area contributed by atoms with E-state index in [1.165, 1.54) is 11.1 Å². The number of benzene rings is 2. The molecule has 0 atom stereocenters. The summed E-state index contributed by atoms with van der Waals surface area (Å²) in [6.07, 6.45) is 0.176. The van der Waals surface area contributed by atoms with Crippen molar-refractivity contribution in [2.24, 2.45) is 0 Å². The third kappa shape index (κ3) is 6.27. The summed E-state index contributed by atoms with van der Waals surface area (Å²) in [6, 6.07) is 15.8. The van der Waals surface area contributed by atoms with Gasteiger partial charge in [0.25, 0.3) is 0 Å². The Morgan fingerprint density at radius 3 is 2.48 bits per heavy atom. The molecular formula is C20H21NO2. The van der Waals surface area contributed by atoms with Crippen LogP contribution in [0, 0.1) is 25.7 Å². The molecular weight excluding hydrogens is 286 g/mol. The molecule has 0 fully saturated rings. The number of hydrogen-bond acceptors (Lipinski definition) is 2. The fraction of sp³-hybridized carbons (Fsp3) is 0.250. The summed E-state index contributed by atoms with van der Waals surface area (Å²) in [5.74, 6) is 6.18. The molecule has 1 N–H and O–H groups in total. The van der Waals surface area contributed by atoms with Gasteiger partial charge in [-0.2, -0.15) is 0 Å². The van der Waals surface area contributed by atoms with Gasteiger partial charge in [-0.05, 0) is 42.7 Å². The Kier molecular flexibility index (Phi) is 6.26. The van der Waals surface area contributed by atoms with E-state index in [9.17, 15) is 4.79 Å². The summed E-state index contributed by atoms with van der Waals surface area (Å²) in [5, 5.41) is 2.70. The number of amides is 1. The standard InChI is InChI=1S/C20H21NO2/c1-16-12-17(2)14-19(13-16)10-6-7-11-21-20(22)23-15-18-8-4-3-5-9-18/h3-5,8-9,12-14H,7,11,15H2,1-2H3,(H,21,22). The first-order chi connectivity index (χ1) is 11.1. The summed E-state index contributed by atoms with van der Waals surface area (Å²) < 4.78 is 5.13. The Bertz CT molecular complexity index is 691. The van der Waals surface area contributed by atoms with Crippen molar-refractivity contribution >= 4 is 6.09 Å². The number of alkyl carbamates (subject to hydrolysis) is 1. The first-order valence-electron chi connectivity index (χ1n) is 7.65. The van der Waals surface area contributed by atoms with Gasteiger partial charge >= 0.3 is 6.09 Å². The van der Waals surface area contributed by atoms with Crippen LogP contribution in [0.25, 0.3) is 0 Å². The molecule has 0 aromatic heterocycles. The van der Waals surface area contributed by atoms with Crippen molar-refractivity contribution < 1.29 is 9.53 Å². The van der Waals surface area contributed by atoms with Gasteiger partial charge in [0, 0.05) is 18.5 Å². The fourth-order valence-corrected chi connectivity index (χ4v) is 2.21. The average molecular weight is 307 g/mol. The van der Waals surface area contributed by atoms with E-state index in [1.807, 2.05) is 30.3 Å². The number of carbonyl (C=O) groups is 1. The van der Waals surface area contributed by atoms with Crippen LogP contribution < -0.4 is 5.32 Å². The van der Waals surface area contributed by atoms with Gasteiger partial charge < -0.3 is 10.1 Å². The average Bonchev–Trinajstić information content (AvgIpc) is 2.53. The van der Waals surface area contributed by atoms with Crippen LogP contribution in [0.15, 0.2) is 48.5 Å². The molecule has 118 valence electrons. The second kappa shape index (κ2) is 8.65. The molecule has 0 heterocycles. The van der Waals surface area contributed by atoms with Crippen LogP contribution in [-0.4, -0.2) is 12.6 Å². The molecule has 3 nitrogen and oxygen atoms in total. The van der Waals surface area contributed by atoms with Crippen LogP contribution in [0.1, 0.15) is 28.7 Å². The summed E-state index contributed by atoms with van der Waals surface area (Å²) in [4.78, 5) is 11.6. The van der Waals surface area contributed by atoms with Gasteiger partial charge in [-0.1, -0.05) is 48.2 Å². The quantitative estimate of drug-likeness (QED) is 0.685. The van der Waals surface area contributed by atoms with Crippen LogP contribution in [0.5, 0.6) is 0 Å². The molecule has 2 rings (SSSR count). The monoisotopic (exact) mass is 307 g/mol. The van der Waals surface area contributed by atoms with Crippen LogP contribution in [0.3, 0.4) is 0 Å². The molecule has 1 amide bonds. The molecule has 0 bridgehead atoms. The molecule has 0 aliphatic carbocycles. The van der Waals surface area contributed by atoms with Crippen LogP contribution in [0.4, 0.5) is 4.79 Å². The van der Waals surface area contributed by atoms with E-state index in [0.717, 1.165) is 11.1 Å². The van der Waals surface area contributed by atoms with Gasteiger partial charge in [-0.25, -0.2) is 4.79 Å². The van der Waals surface area contributed by atoms with E-state index >= 15 is 0 Å². The largest absolute Gasteiger partial charge is 0.445 e. The topological polar surface area (TPSA) is 38.3 Å². The summed E-state index contributed by atoms with van der Waals surface area (Å²) >= 11 is 0. The highest BCUT2D eigenvalue weighted by Gasteiger charge is 2.00. The normalized spacial score (nSPS) is 9.65. The lowest BCUT2D eigenvalue weighted by Crippen LogP contribution is -2.24. The van der Waals surface area contributed by atoms with E-state index in [1.54, 1.807) is 0 Å². The van der Waals surface area contributed by atoms with Crippen molar-refractivity contribution in [1.82, 2.24) is 5.32 Å². The van der Waals surface area contributed by atoms with Gasteiger partial charge in [0.05, 0.1) is 0 Å². The Labute approximate surface area is 137 Å². The summed E-state index contributed by atoms with van der Waals surface area (Å²) in [6.45, 7) is 4.87. The summed E-state index contributed by atoms with van der Waals surface area (Å²) in [7, 11) is 0. The second-order valence-corrected chi connectivity index (χ2v) is 5.42. The highest BCUT2D eigenvalue weighted by Crippen LogP contribution is 2.07. The van der Waals surface area contributed by atoms with Gasteiger partial charge in [0.2, 0.25) is 0 Å². The molecule has 0 unspecified atom stereocenters. The third-order valence-corrected chi connectivity index (χ3v) is 3.19. The summed E-state index contributed by atoms with van der Waals surface area (Å²) in [5.41, 5.74) is 4.39. The Morgan fingerprint density at radius 2 is 1.78 bits per heavy atom. The van der Waals surface area contributed by atoms with Crippen LogP contribution in [0.2, 0.25) is 0 Å². The zero-order chi connectivity index (χ0) is 16.5. The van der Waals surface area contributed by atoms with Gasteiger partial charge in [-0.15, -0.1) is 0 Å². The van der Waals surface area contributed by atoms with Crippen molar-refractivity contribution in [3.63, 3.8) is 0 Å². The first kappa shape index (κ1) is 16.6. The number of hydrogen-bond donors (Lipinski definition) is 1. The van der Waals surface area contributed by atoms with E-state index < -0.39 is 6.09 Å². The van der Waals surface area contributed by atoms with E-state index in [2.05, 4.69) is 49.2 Å². The molecule has 2 aromatic rings. The van der Waals surface area contributed by atoms with Crippen molar-refractivity contribution in [1.29, 1.82) is 0 Å². The predicted molar refractivity (Wildman–Crippen MR) is 92.0 cm³/mol. The van der Waals surface area contributed by atoms with E-state index in [4.69, 9.17) is 4.74 Å². The Hall–Kier alpha value is -2.73. The number of carbonyl (C=O) groups excluding carboxylic acids is 1.